The van der Waals surface area contributed by atoms with Crippen molar-refractivity contribution in [3.8, 4) is 0 Å². The Morgan fingerprint density at radius 2 is 2.00 bits per heavy atom. The zero-order chi connectivity index (χ0) is 12.9. The van der Waals surface area contributed by atoms with Crippen LogP contribution in [0.5, 0.6) is 0 Å². The second-order valence-electron chi connectivity index (χ2n) is 5.82. The van der Waals surface area contributed by atoms with E-state index < -0.39 is 0 Å². The summed E-state index contributed by atoms with van der Waals surface area (Å²) in [7, 11) is 0. The average molecular weight is 242 g/mol. The van der Waals surface area contributed by atoms with Gasteiger partial charge in [-0.3, -0.25) is 0 Å². The van der Waals surface area contributed by atoms with Gasteiger partial charge in [-0.25, -0.2) is 0 Å². The van der Waals surface area contributed by atoms with Crippen LogP contribution in [0.3, 0.4) is 0 Å². The van der Waals surface area contributed by atoms with E-state index in [1.54, 1.807) is 5.56 Å². The number of aromatic nitrogens is 1. The minimum atomic E-state index is 0.588. The number of benzene rings is 1. The molecule has 2 heteroatoms. The molecule has 2 aromatic rings. The summed E-state index contributed by atoms with van der Waals surface area (Å²) < 4.78 is 2.54. The number of nitrogens with zero attached hydrogens (tertiary/aromatic N) is 1. The molecule has 0 radical (unpaired) electrons. The van der Waals surface area contributed by atoms with Crippen molar-refractivity contribution in [2.75, 3.05) is 6.54 Å². The number of aryl methyl sites for hydroxylation is 2. The van der Waals surface area contributed by atoms with Gasteiger partial charge in [-0.2, -0.15) is 0 Å². The molecular formula is C16H22N2. The number of hydrogen-bond donors (Lipinski definition) is 1. The van der Waals surface area contributed by atoms with Crippen molar-refractivity contribution in [2.24, 2.45) is 0 Å². The maximum atomic E-state index is 3.51. The summed E-state index contributed by atoms with van der Waals surface area (Å²) in [6.07, 6.45) is 0. The minimum absolute atomic E-state index is 0.588. The lowest BCUT2D eigenvalue weighted by Gasteiger charge is -2.20. The minimum Gasteiger partial charge on any atom is -0.342 e. The van der Waals surface area contributed by atoms with Crippen LogP contribution >= 0.6 is 0 Å². The third-order valence-corrected chi connectivity index (χ3v) is 4.02. The monoisotopic (exact) mass is 242 g/mol. The fourth-order valence-corrected chi connectivity index (χ4v) is 3.44. The van der Waals surface area contributed by atoms with Crippen molar-refractivity contribution >= 4 is 10.9 Å². The summed E-state index contributed by atoms with van der Waals surface area (Å²) in [4.78, 5) is 0. The van der Waals surface area contributed by atoms with Crippen molar-refractivity contribution in [2.45, 2.75) is 46.7 Å². The molecule has 1 N–H and O–H groups in total. The van der Waals surface area contributed by atoms with E-state index in [1.807, 2.05) is 0 Å². The van der Waals surface area contributed by atoms with Gasteiger partial charge in [0, 0.05) is 30.7 Å². The first-order chi connectivity index (χ1) is 8.59. The molecule has 0 spiro atoms. The third kappa shape index (κ3) is 1.59. The van der Waals surface area contributed by atoms with Crippen LogP contribution in [0, 0.1) is 13.8 Å². The molecule has 0 fully saturated rings. The van der Waals surface area contributed by atoms with Crippen molar-refractivity contribution < 1.29 is 0 Å². The Balaban J connectivity index is 2.43. The summed E-state index contributed by atoms with van der Waals surface area (Å²) in [5.74, 6) is 0.588. The molecule has 0 saturated carbocycles. The second-order valence-corrected chi connectivity index (χ2v) is 5.82. The van der Waals surface area contributed by atoms with E-state index in [4.69, 9.17) is 0 Å². The van der Waals surface area contributed by atoms with Crippen molar-refractivity contribution in [3.05, 3.63) is 34.5 Å². The maximum absolute atomic E-state index is 3.51. The Morgan fingerprint density at radius 1 is 1.22 bits per heavy atom. The van der Waals surface area contributed by atoms with E-state index in [-0.39, 0.29) is 0 Å². The highest BCUT2D eigenvalue weighted by molar-refractivity contribution is 5.89. The van der Waals surface area contributed by atoms with Gasteiger partial charge >= 0.3 is 0 Å². The zero-order valence-corrected chi connectivity index (χ0v) is 11.8. The standard InChI is InChI=1S/C16H22N2/c1-10(2)15-13-8-11(3)7-12(4)16(13)18-6-5-17-9-14(15)18/h7-8,10,17H,5-6,9H2,1-4H3. The lowest BCUT2D eigenvalue weighted by molar-refractivity contribution is 0.520. The van der Waals surface area contributed by atoms with Crippen LogP contribution in [0.15, 0.2) is 12.1 Å². The molecule has 2 heterocycles. The van der Waals surface area contributed by atoms with E-state index in [0.717, 1.165) is 19.6 Å². The van der Waals surface area contributed by atoms with E-state index in [1.165, 1.54) is 27.7 Å². The quantitative estimate of drug-likeness (QED) is 0.810. The number of rotatable bonds is 1. The molecule has 1 aliphatic heterocycles. The maximum Gasteiger partial charge on any atom is 0.0516 e. The number of hydrogen-bond acceptors (Lipinski definition) is 1. The van der Waals surface area contributed by atoms with Crippen LogP contribution in [-0.4, -0.2) is 11.1 Å². The molecule has 2 nitrogen and oxygen atoms in total. The Bertz CT molecular complexity index is 605. The largest absolute Gasteiger partial charge is 0.342 e. The first-order valence-electron chi connectivity index (χ1n) is 6.92. The molecule has 1 aromatic carbocycles. The Morgan fingerprint density at radius 3 is 2.72 bits per heavy atom. The van der Waals surface area contributed by atoms with E-state index in [0.29, 0.717) is 5.92 Å². The summed E-state index contributed by atoms with van der Waals surface area (Å²) in [6, 6.07) is 4.67. The average Bonchev–Trinajstić information content (AvgIpc) is 2.62. The molecule has 1 aliphatic rings. The van der Waals surface area contributed by atoms with Crippen molar-refractivity contribution in [1.29, 1.82) is 0 Å². The van der Waals surface area contributed by atoms with Gasteiger partial charge in [0.25, 0.3) is 0 Å². The smallest absolute Gasteiger partial charge is 0.0516 e. The third-order valence-electron chi connectivity index (χ3n) is 4.02. The highest BCUT2D eigenvalue weighted by Crippen LogP contribution is 2.35. The highest BCUT2D eigenvalue weighted by Gasteiger charge is 2.22. The van der Waals surface area contributed by atoms with Gasteiger partial charge in [0.1, 0.15) is 0 Å². The van der Waals surface area contributed by atoms with Crippen LogP contribution in [0.1, 0.15) is 42.1 Å². The van der Waals surface area contributed by atoms with Crippen molar-refractivity contribution in [1.82, 2.24) is 9.88 Å². The van der Waals surface area contributed by atoms with Gasteiger partial charge in [0.15, 0.2) is 0 Å². The molecule has 0 aliphatic carbocycles. The predicted octanol–water partition coefficient (Wildman–Crippen LogP) is 3.48. The molecule has 0 unspecified atom stereocenters. The molecule has 0 atom stereocenters. The molecule has 0 amide bonds. The van der Waals surface area contributed by atoms with Crippen LogP contribution in [0.4, 0.5) is 0 Å². The molecular weight excluding hydrogens is 220 g/mol. The summed E-state index contributed by atoms with van der Waals surface area (Å²) in [5, 5.41) is 4.98. The van der Waals surface area contributed by atoms with Crippen molar-refractivity contribution in [3.63, 3.8) is 0 Å². The fourth-order valence-electron chi connectivity index (χ4n) is 3.44. The Labute approximate surface area is 109 Å². The summed E-state index contributed by atoms with van der Waals surface area (Å²) in [5.41, 5.74) is 7.29. The van der Waals surface area contributed by atoms with Crippen LogP contribution in [-0.2, 0) is 13.1 Å². The van der Waals surface area contributed by atoms with Gasteiger partial charge in [-0.1, -0.05) is 25.5 Å². The molecule has 0 bridgehead atoms. The van der Waals surface area contributed by atoms with Gasteiger partial charge in [-0.05, 0) is 37.0 Å². The first kappa shape index (κ1) is 11.8. The van der Waals surface area contributed by atoms with Crippen LogP contribution in [0.2, 0.25) is 0 Å². The lowest BCUT2D eigenvalue weighted by atomic mass is 9.97. The van der Waals surface area contributed by atoms with E-state index in [2.05, 4.69) is 49.7 Å². The molecule has 3 rings (SSSR count). The molecule has 1 aromatic heterocycles. The number of fused-ring (bicyclic) bond motifs is 3. The zero-order valence-electron chi connectivity index (χ0n) is 11.8. The van der Waals surface area contributed by atoms with Gasteiger partial charge in [0.05, 0.1) is 5.52 Å². The van der Waals surface area contributed by atoms with Crippen LogP contribution < -0.4 is 5.32 Å². The Hall–Kier alpha value is -1.28. The fraction of sp³-hybridized carbons (Fsp3) is 0.500. The SMILES string of the molecule is Cc1cc(C)c2c(c1)c(C(C)C)c1n2CCNC1. The van der Waals surface area contributed by atoms with Gasteiger partial charge in [0.2, 0.25) is 0 Å². The number of nitrogens with one attached hydrogen (secondary N) is 1. The predicted molar refractivity (Wildman–Crippen MR) is 77.2 cm³/mol. The van der Waals surface area contributed by atoms with Gasteiger partial charge in [-0.15, -0.1) is 0 Å². The van der Waals surface area contributed by atoms with Gasteiger partial charge < -0.3 is 9.88 Å². The lowest BCUT2D eigenvalue weighted by Crippen LogP contribution is -2.28. The molecule has 96 valence electrons. The normalized spacial score (nSPS) is 15.4. The highest BCUT2D eigenvalue weighted by atomic mass is 15.1. The molecule has 0 saturated heterocycles. The Kier molecular flexibility index (Phi) is 2.70. The summed E-state index contributed by atoms with van der Waals surface area (Å²) in [6.45, 7) is 12.3. The van der Waals surface area contributed by atoms with E-state index >= 15 is 0 Å². The second kappa shape index (κ2) is 4.13. The summed E-state index contributed by atoms with van der Waals surface area (Å²) >= 11 is 0. The van der Waals surface area contributed by atoms with Crippen LogP contribution in [0.25, 0.3) is 10.9 Å². The van der Waals surface area contributed by atoms with E-state index in [9.17, 15) is 0 Å². The topological polar surface area (TPSA) is 17.0 Å². The molecule has 18 heavy (non-hydrogen) atoms. The first-order valence-corrected chi connectivity index (χ1v) is 6.92.